The minimum Gasteiger partial charge on any atom is -0.318 e. The fourth-order valence-electron chi connectivity index (χ4n) is 2.19. The zero-order valence-electron chi connectivity index (χ0n) is 11.3. The van der Waals surface area contributed by atoms with Gasteiger partial charge in [0.05, 0.1) is 39.2 Å². The molecule has 20 heavy (non-hydrogen) atoms. The number of aromatic nitrogens is 4. The molecule has 0 amide bonds. The van der Waals surface area contributed by atoms with Crippen LogP contribution in [0.2, 0.25) is 0 Å². The number of thiazole rings is 1. The van der Waals surface area contributed by atoms with Crippen molar-refractivity contribution in [1.82, 2.24) is 20.0 Å². The van der Waals surface area contributed by atoms with E-state index in [1.807, 2.05) is 44.2 Å². The summed E-state index contributed by atoms with van der Waals surface area (Å²) < 4.78 is 1.78. The fourth-order valence-corrected chi connectivity index (χ4v) is 3.14. The summed E-state index contributed by atoms with van der Waals surface area (Å²) in [5.41, 5.74) is 9.17. The second-order valence-electron chi connectivity index (χ2n) is 4.57. The van der Waals surface area contributed by atoms with Crippen LogP contribution < -0.4 is 5.73 Å². The molecule has 0 spiro atoms. The maximum atomic E-state index is 6.38. The van der Waals surface area contributed by atoms with Gasteiger partial charge in [-0.2, -0.15) is 0 Å². The molecule has 0 fully saturated rings. The minimum atomic E-state index is -0.267. The number of nitrogens with two attached hydrogens (primary N) is 1. The van der Waals surface area contributed by atoms with Crippen molar-refractivity contribution in [2.75, 3.05) is 0 Å². The van der Waals surface area contributed by atoms with Gasteiger partial charge in [-0.05, 0) is 26.0 Å². The van der Waals surface area contributed by atoms with E-state index in [1.165, 1.54) is 0 Å². The Morgan fingerprint density at radius 3 is 2.60 bits per heavy atom. The number of benzene rings is 1. The van der Waals surface area contributed by atoms with Gasteiger partial charge in [0, 0.05) is 0 Å². The summed E-state index contributed by atoms with van der Waals surface area (Å²) in [6.45, 7) is 3.97. The SMILES string of the molecule is Cc1nc(C)c(C(N)c2cnnn2-c2ccccc2)s1. The number of hydrogen-bond acceptors (Lipinski definition) is 5. The lowest BCUT2D eigenvalue weighted by Crippen LogP contribution is -2.16. The highest BCUT2D eigenvalue weighted by Crippen LogP contribution is 2.28. The lowest BCUT2D eigenvalue weighted by molar-refractivity contribution is 0.722. The molecular weight excluding hydrogens is 270 g/mol. The van der Waals surface area contributed by atoms with E-state index >= 15 is 0 Å². The molecule has 2 aromatic heterocycles. The molecule has 102 valence electrons. The van der Waals surface area contributed by atoms with Crippen molar-refractivity contribution in [2.45, 2.75) is 19.9 Å². The Morgan fingerprint density at radius 2 is 1.95 bits per heavy atom. The molecular formula is C14H15N5S. The zero-order chi connectivity index (χ0) is 14.1. The molecule has 2 N–H and O–H groups in total. The van der Waals surface area contributed by atoms with Crippen molar-refractivity contribution in [3.63, 3.8) is 0 Å². The Labute approximate surface area is 121 Å². The van der Waals surface area contributed by atoms with E-state index < -0.39 is 0 Å². The van der Waals surface area contributed by atoms with E-state index in [2.05, 4.69) is 15.3 Å². The molecule has 0 aliphatic rings. The molecule has 0 bridgehead atoms. The van der Waals surface area contributed by atoms with E-state index in [4.69, 9.17) is 5.73 Å². The first-order valence-electron chi connectivity index (χ1n) is 6.32. The molecule has 2 heterocycles. The van der Waals surface area contributed by atoms with Crippen LogP contribution in [-0.2, 0) is 0 Å². The normalized spacial score (nSPS) is 12.6. The second kappa shape index (κ2) is 5.15. The minimum absolute atomic E-state index is 0.267. The van der Waals surface area contributed by atoms with Crippen LogP contribution in [0.1, 0.15) is 27.3 Å². The van der Waals surface area contributed by atoms with Gasteiger partial charge in [-0.15, -0.1) is 16.4 Å². The summed E-state index contributed by atoms with van der Waals surface area (Å²) in [6, 6.07) is 9.60. The molecule has 3 aromatic rings. The average molecular weight is 285 g/mol. The van der Waals surface area contributed by atoms with Gasteiger partial charge < -0.3 is 5.73 Å². The van der Waals surface area contributed by atoms with E-state index in [9.17, 15) is 0 Å². The van der Waals surface area contributed by atoms with Crippen LogP contribution in [-0.4, -0.2) is 20.0 Å². The molecule has 0 saturated carbocycles. The molecule has 6 heteroatoms. The van der Waals surface area contributed by atoms with Crippen molar-refractivity contribution in [1.29, 1.82) is 0 Å². The zero-order valence-corrected chi connectivity index (χ0v) is 12.1. The highest BCUT2D eigenvalue weighted by atomic mass is 32.1. The monoisotopic (exact) mass is 285 g/mol. The number of nitrogens with zero attached hydrogens (tertiary/aromatic N) is 4. The summed E-state index contributed by atoms with van der Waals surface area (Å²) in [4.78, 5) is 5.49. The first kappa shape index (κ1) is 13.0. The Morgan fingerprint density at radius 1 is 1.20 bits per heavy atom. The second-order valence-corrected chi connectivity index (χ2v) is 5.80. The van der Waals surface area contributed by atoms with Crippen LogP contribution in [0.4, 0.5) is 0 Å². The van der Waals surface area contributed by atoms with Crippen molar-refractivity contribution >= 4 is 11.3 Å². The molecule has 0 aliphatic carbocycles. The van der Waals surface area contributed by atoms with Crippen LogP contribution >= 0.6 is 11.3 Å². The summed E-state index contributed by atoms with van der Waals surface area (Å²) in [5, 5.41) is 9.16. The van der Waals surface area contributed by atoms with Crippen molar-refractivity contribution in [3.8, 4) is 5.69 Å². The maximum absolute atomic E-state index is 6.38. The number of para-hydroxylation sites is 1. The van der Waals surface area contributed by atoms with Gasteiger partial charge in [-0.3, -0.25) is 0 Å². The highest BCUT2D eigenvalue weighted by Gasteiger charge is 2.20. The summed E-state index contributed by atoms with van der Waals surface area (Å²) in [6.07, 6.45) is 1.71. The van der Waals surface area contributed by atoms with E-state index in [0.29, 0.717) is 0 Å². The molecule has 1 atom stereocenters. The topological polar surface area (TPSA) is 69.6 Å². The molecule has 0 radical (unpaired) electrons. The van der Waals surface area contributed by atoms with Gasteiger partial charge in [0.15, 0.2) is 0 Å². The van der Waals surface area contributed by atoms with Gasteiger partial charge in [-0.1, -0.05) is 23.4 Å². The van der Waals surface area contributed by atoms with Gasteiger partial charge in [-0.25, -0.2) is 9.67 Å². The van der Waals surface area contributed by atoms with Crippen LogP contribution in [0, 0.1) is 13.8 Å². The standard InChI is InChI=1S/C14H15N5S/c1-9-14(20-10(2)17-9)13(15)12-8-16-18-19(12)11-6-4-3-5-7-11/h3-8,13H,15H2,1-2H3. The van der Waals surface area contributed by atoms with Crippen LogP contribution in [0.3, 0.4) is 0 Å². The van der Waals surface area contributed by atoms with Crippen molar-refractivity contribution in [3.05, 3.63) is 57.8 Å². The highest BCUT2D eigenvalue weighted by molar-refractivity contribution is 7.11. The molecule has 3 rings (SSSR count). The van der Waals surface area contributed by atoms with Crippen molar-refractivity contribution in [2.24, 2.45) is 5.73 Å². The summed E-state index contributed by atoms with van der Waals surface area (Å²) in [5.74, 6) is 0. The Bertz CT molecular complexity index is 716. The lowest BCUT2D eigenvalue weighted by atomic mass is 10.1. The average Bonchev–Trinajstić information content (AvgIpc) is 3.05. The molecule has 0 saturated heterocycles. The lowest BCUT2D eigenvalue weighted by Gasteiger charge is -2.12. The third-order valence-electron chi connectivity index (χ3n) is 3.12. The third-order valence-corrected chi connectivity index (χ3v) is 4.27. The van der Waals surface area contributed by atoms with E-state index in [1.54, 1.807) is 22.2 Å². The van der Waals surface area contributed by atoms with Crippen LogP contribution in [0.5, 0.6) is 0 Å². The van der Waals surface area contributed by atoms with Crippen molar-refractivity contribution < 1.29 is 0 Å². The van der Waals surface area contributed by atoms with Gasteiger partial charge in [0.25, 0.3) is 0 Å². The van der Waals surface area contributed by atoms with Gasteiger partial charge in [0.2, 0.25) is 0 Å². The largest absolute Gasteiger partial charge is 0.318 e. The smallest absolute Gasteiger partial charge is 0.0900 e. The summed E-state index contributed by atoms with van der Waals surface area (Å²) >= 11 is 1.62. The Hall–Kier alpha value is -2.05. The maximum Gasteiger partial charge on any atom is 0.0900 e. The first-order chi connectivity index (χ1) is 9.66. The number of aryl methyl sites for hydroxylation is 2. The first-order valence-corrected chi connectivity index (χ1v) is 7.14. The predicted octanol–water partition coefficient (Wildman–Crippen LogP) is 2.39. The number of hydrogen-bond donors (Lipinski definition) is 1. The molecule has 1 unspecified atom stereocenters. The number of rotatable bonds is 3. The Balaban J connectivity index is 2.04. The summed E-state index contributed by atoms with van der Waals surface area (Å²) in [7, 11) is 0. The fraction of sp³-hybridized carbons (Fsp3) is 0.214. The Kier molecular flexibility index (Phi) is 3.33. The van der Waals surface area contributed by atoms with Crippen LogP contribution in [0.15, 0.2) is 36.5 Å². The van der Waals surface area contributed by atoms with E-state index in [0.717, 1.165) is 27.0 Å². The molecule has 5 nitrogen and oxygen atoms in total. The molecule has 1 aromatic carbocycles. The van der Waals surface area contributed by atoms with Gasteiger partial charge in [0.1, 0.15) is 0 Å². The van der Waals surface area contributed by atoms with Gasteiger partial charge >= 0.3 is 0 Å². The van der Waals surface area contributed by atoms with E-state index in [-0.39, 0.29) is 6.04 Å². The third kappa shape index (κ3) is 2.23. The van der Waals surface area contributed by atoms with Crippen LogP contribution in [0.25, 0.3) is 5.69 Å². The quantitative estimate of drug-likeness (QED) is 0.802. The predicted molar refractivity (Wildman–Crippen MR) is 79.0 cm³/mol. The molecule has 0 aliphatic heterocycles.